The Hall–Kier alpha value is -3.29. The van der Waals surface area contributed by atoms with Crippen LogP contribution in [0.3, 0.4) is 0 Å². The Bertz CT molecular complexity index is 1040. The van der Waals surface area contributed by atoms with E-state index in [4.69, 9.17) is 0 Å². The minimum absolute atomic E-state index is 0.0172. The predicted octanol–water partition coefficient (Wildman–Crippen LogP) is 4.62. The first kappa shape index (κ1) is 19.0. The summed E-state index contributed by atoms with van der Waals surface area (Å²) in [6, 6.07) is 12.4. The number of hydrogen-bond acceptors (Lipinski definition) is 4. The zero-order valence-corrected chi connectivity index (χ0v) is 16.0. The van der Waals surface area contributed by atoms with E-state index in [1.165, 1.54) is 6.07 Å². The van der Waals surface area contributed by atoms with Gasteiger partial charge < -0.3 is 10.1 Å². The van der Waals surface area contributed by atoms with E-state index >= 15 is 0 Å². The van der Waals surface area contributed by atoms with Gasteiger partial charge in [0.2, 0.25) is 0 Å². The number of rotatable bonds is 6. The summed E-state index contributed by atoms with van der Waals surface area (Å²) < 4.78 is 31.3. The van der Waals surface area contributed by atoms with Gasteiger partial charge in [-0.15, -0.1) is 5.10 Å². The number of benzene rings is 2. The zero-order chi connectivity index (χ0) is 20.5. The lowest BCUT2D eigenvalue weighted by atomic mass is 10.1. The van der Waals surface area contributed by atoms with Gasteiger partial charge in [0.25, 0.3) is 5.91 Å². The van der Waals surface area contributed by atoms with Crippen LogP contribution in [0.25, 0.3) is 5.69 Å². The summed E-state index contributed by atoms with van der Waals surface area (Å²) in [5.41, 5.74) is 3.87. The second kappa shape index (κ2) is 7.62. The van der Waals surface area contributed by atoms with Crippen molar-refractivity contribution in [3.05, 3.63) is 65.0 Å². The normalized spacial score (nSPS) is 13.6. The van der Waals surface area contributed by atoms with Gasteiger partial charge in [0.15, 0.2) is 5.69 Å². The molecule has 0 unspecified atom stereocenters. The molecule has 1 fully saturated rings. The molecule has 8 heteroatoms. The molecule has 0 atom stereocenters. The minimum Gasteiger partial charge on any atom is -0.434 e. The average Bonchev–Trinajstić information content (AvgIpc) is 3.42. The van der Waals surface area contributed by atoms with Crippen LogP contribution in [-0.4, -0.2) is 27.5 Å². The molecular formula is C21H20F2N4O2. The smallest absolute Gasteiger partial charge is 0.387 e. The van der Waals surface area contributed by atoms with Crippen molar-refractivity contribution in [1.82, 2.24) is 15.0 Å². The molecule has 1 heterocycles. The maximum Gasteiger partial charge on any atom is 0.387 e. The number of halogens is 2. The van der Waals surface area contributed by atoms with Crippen molar-refractivity contribution in [3.8, 4) is 11.4 Å². The molecule has 1 saturated carbocycles. The summed E-state index contributed by atoms with van der Waals surface area (Å²) in [4.78, 5) is 12.9. The molecule has 2 aromatic carbocycles. The topological polar surface area (TPSA) is 69.0 Å². The fraction of sp³-hybridized carbons (Fsp3) is 0.286. The molecule has 3 aromatic rings. The van der Waals surface area contributed by atoms with E-state index in [0.717, 1.165) is 29.8 Å². The Kier molecular flexibility index (Phi) is 5.00. The van der Waals surface area contributed by atoms with Crippen molar-refractivity contribution >= 4 is 11.6 Å². The number of aryl methyl sites for hydroxylation is 2. The zero-order valence-electron chi connectivity index (χ0n) is 16.0. The number of anilines is 1. The molecule has 1 amide bonds. The van der Waals surface area contributed by atoms with Crippen molar-refractivity contribution in [2.24, 2.45) is 0 Å². The Labute approximate surface area is 166 Å². The number of carbonyl (C=O) groups excluding carboxylic acids is 1. The largest absolute Gasteiger partial charge is 0.434 e. The highest BCUT2D eigenvalue weighted by Crippen LogP contribution is 2.42. The number of nitrogens with zero attached hydrogens (tertiary/aromatic N) is 3. The Morgan fingerprint density at radius 1 is 1.17 bits per heavy atom. The van der Waals surface area contributed by atoms with Crippen LogP contribution >= 0.6 is 0 Å². The molecule has 1 aliphatic carbocycles. The van der Waals surface area contributed by atoms with E-state index in [9.17, 15) is 13.6 Å². The van der Waals surface area contributed by atoms with E-state index in [-0.39, 0.29) is 17.4 Å². The molecule has 0 radical (unpaired) electrons. The number of nitrogens with one attached hydrogen (secondary N) is 1. The Balaban J connectivity index is 1.62. The highest BCUT2D eigenvalue weighted by Gasteiger charge is 2.34. The monoisotopic (exact) mass is 398 g/mol. The first-order valence-corrected chi connectivity index (χ1v) is 9.32. The summed E-state index contributed by atoms with van der Waals surface area (Å²) in [7, 11) is 0. The molecule has 1 N–H and O–H groups in total. The number of ether oxygens (including phenoxy) is 1. The summed E-state index contributed by atoms with van der Waals surface area (Å²) in [5, 5.41) is 11.0. The van der Waals surface area contributed by atoms with Crippen LogP contribution < -0.4 is 10.1 Å². The van der Waals surface area contributed by atoms with Crippen LogP contribution in [0.1, 0.15) is 46.1 Å². The molecule has 6 nitrogen and oxygen atoms in total. The lowest BCUT2D eigenvalue weighted by Gasteiger charge is -2.11. The number of amides is 1. The van der Waals surface area contributed by atoms with Gasteiger partial charge in [-0.1, -0.05) is 29.0 Å². The van der Waals surface area contributed by atoms with Gasteiger partial charge >= 0.3 is 6.61 Å². The summed E-state index contributed by atoms with van der Waals surface area (Å²) >= 11 is 0. The predicted molar refractivity (Wildman–Crippen MR) is 104 cm³/mol. The maximum absolute atomic E-state index is 12.9. The van der Waals surface area contributed by atoms with Crippen molar-refractivity contribution in [3.63, 3.8) is 0 Å². The molecule has 150 valence electrons. The SMILES string of the molecule is Cc1ccc(-n2nnc(C(=O)Nc3ccc(C)c(OC(F)F)c3)c2C2CC2)cc1. The molecule has 29 heavy (non-hydrogen) atoms. The van der Waals surface area contributed by atoms with Crippen molar-refractivity contribution in [2.45, 2.75) is 39.2 Å². The molecule has 1 aromatic heterocycles. The molecular weight excluding hydrogens is 378 g/mol. The van der Waals surface area contributed by atoms with Crippen LogP contribution in [0.4, 0.5) is 14.5 Å². The number of carbonyl (C=O) groups is 1. The number of aromatic nitrogens is 3. The van der Waals surface area contributed by atoms with Gasteiger partial charge in [-0.3, -0.25) is 4.79 Å². The van der Waals surface area contributed by atoms with Crippen LogP contribution in [0.2, 0.25) is 0 Å². The lowest BCUT2D eigenvalue weighted by Crippen LogP contribution is -2.15. The van der Waals surface area contributed by atoms with E-state index < -0.39 is 12.5 Å². The van der Waals surface area contributed by atoms with Crippen molar-refractivity contribution in [1.29, 1.82) is 0 Å². The van der Waals surface area contributed by atoms with Crippen molar-refractivity contribution < 1.29 is 18.3 Å². The van der Waals surface area contributed by atoms with Crippen LogP contribution in [0.15, 0.2) is 42.5 Å². The van der Waals surface area contributed by atoms with Gasteiger partial charge in [0.1, 0.15) is 5.75 Å². The van der Waals surface area contributed by atoms with Gasteiger partial charge in [0.05, 0.1) is 11.4 Å². The second-order valence-electron chi connectivity index (χ2n) is 7.16. The quantitative estimate of drug-likeness (QED) is 0.658. The summed E-state index contributed by atoms with van der Waals surface area (Å²) in [6.07, 6.45) is 1.94. The van der Waals surface area contributed by atoms with E-state index in [2.05, 4.69) is 20.4 Å². The lowest BCUT2D eigenvalue weighted by molar-refractivity contribution is -0.0502. The van der Waals surface area contributed by atoms with Gasteiger partial charge in [-0.2, -0.15) is 8.78 Å². The first-order chi connectivity index (χ1) is 13.9. The minimum atomic E-state index is -2.93. The van der Waals surface area contributed by atoms with Crippen LogP contribution in [0.5, 0.6) is 5.75 Å². The Morgan fingerprint density at radius 2 is 1.90 bits per heavy atom. The first-order valence-electron chi connectivity index (χ1n) is 9.32. The van der Waals surface area contributed by atoms with Gasteiger partial charge in [0, 0.05) is 17.7 Å². The van der Waals surface area contributed by atoms with Crippen molar-refractivity contribution in [2.75, 3.05) is 5.32 Å². The standard InChI is InChI=1S/C21H20F2N4O2/c1-12-3-9-16(10-4-12)27-19(14-6-7-14)18(25-26-27)20(28)24-15-8-5-13(2)17(11-15)29-21(22)23/h3-5,8-11,14,21H,6-7H2,1-2H3,(H,24,28). The number of hydrogen-bond donors (Lipinski definition) is 1. The van der Waals surface area contributed by atoms with E-state index in [0.29, 0.717) is 11.3 Å². The maximum atomic E-state index is 12.9. The molecule has 0 spiro atoms. The highest BCUT2D eigenvalue weighted by molar-refractivity contribution is 6.04. The fourth-order valence-corrected chi connectivity index (χ4v) is 3.14. The number of alkyl halides is 2. The summed E-state index contributed by atoms with van der Waals surface area (Å²) in [5.74, 6) is -0.191. The van der Waals surface area contributed by atoms with E-state index in [1.807, 2.05) is 31.2 Å². The third-order valence-electron chi connectivity index (χ3n) is 4.82. The van der Waals surface area contributed by atoms with Crippen LogP contribution in [0, 0.1) is 13.8 Å². The average molecular weight is 398 g/mol. The van der Waals surface area contributed by atoms with Gasteiger partial charge in [-0.05, 0) is 50.5 Å². The van der Waals surface area contributed by atoms with Gasteiger partial charge in [-0.25, -0.2) is 4.68 Å². The van der Waals surface area contributed by atoms with Crippen LogP contribution in [-0.2, 0) is 0 Å². The molecule has 0 saturated heterocycles. The highest BCUT2D eigenvalue weighted by atomic mass is 19.3. The molecule has 4 rings (SSSR count). The molecule has 0 bridgehead atoms. The van der Waals surface area contributed by atoms with E-state index in [1.54, 1.807) is 23.7 Å². The Morgan fingerprint density at radius 3 is 2.55 bits per heavy atom. The second-order valence-corrected chi connectivity index (χ2v) is 7.16. The third-order valence-corrected chi connectivity index (χ3v) is 4.82. The molecule has 0 aliphatic heterocycles. The molecule has 1 aliphatic rings. The fourth-order valence-electron chi connectivity index (χ4n) is 3.14. The third kappa shape index (κ3) is 4.11. The summed E-state index contributed by atoms with van der Waals surface area (Å²) in [6.45, 7) is 0.719.